The molecule has 0 radical (unpaired) electrons. The molecule has 0 N–H and O–H groups in total. The van der Waals surface area contributed by atoms with Crippen LogP contribution in [0.1, 0.15) is 241 Å². The molecule has 0 spiro atoms. The van der Waals surface area contributed by atoms with Crippen molar-refractivity contribution in [2.24, 2.45) is 11.8 Å². The summed E-state index contributed by atoms with van der Waals surface area (Å²) < 4.78 is 11.6. The van der Waals surface area contributed by atoms with E-state index in [4.69, 9.17) is 9.47 Å². The van der Waals surface area contributed by atoms with Crippen molar-refractivity contribution in [3.05, 3.63) is 24.3 Å². The third kappa shape index (κ3) is 42.5. The standard InChI is InChI=1S/C47H88N2O5.C6H14/c1-7-11-14-16-18-20-21-22-23-24-25-27-29-31-34-37-46(51)54-42-43(41-53-45(50)36-33-30-28-26-19-17-15-12-8-2)40-49(39-38-48(5)6)47(52)44(10-4)35-32-13-9-3;1-3-5-6-4-2/h12,15,22-23,43-44H,7-11,13-14,16-21,24-42H2,1-6H3;3-6H2,1-2H3/b15-12-,23-22-;. The molecule has 354 valence electrons. The van der Waals surface area contributed by atoms with Crippen molar-refractivity contribution >= 4 is 17.8 Å². The highest BCUT2D eigenvalue weighted by Crippen LogP contribution is 2.19. The molecule has 0 bridgehead atoms. The third-order valence-electron chi connectivity index (χ3n) is 11.3. The second-order valence-electron chi connectivity index (χ2n) is 17.6. The molecule has 1 amide bonds. The van der Waals surface area contributed by atoms with Crippen LogP contribution in [0, 0.1) is 11.8 Å². The maximum absolute atomic E-state index is 13.8. The van der Waals surface area contributed by atoms with E-state index in [-0.39, 0.29) is 42.9 Å². The van der Waals surface area contributed by atoms with Crippen molar-refractivity contribution < 1.29 is 23.9 Å². The molecule has 0 aromatic rings. The molecule has 0 fully saturated rings. The summed E-state index contributed by atoms with van der Waals surface area (Å²) in [6.07, 6.45) is 43.9. The van der Waals surface area contributed by atoms with Gasteiger partial charge in [0.25, 0.3) is 0 Å². The fourth-order valence-corrected chi connectivity index (χ4v) is 7.23. The van der Waals surface area contributed by atoms with Crippen LogP contribution in [-0.2, 0) is 23.9 Å². The highest BCUT2D eigenvalue weighted by Gasteiger charge is 2.27. The summed E-state index contributed by atoms with van der Waals surface area (Å²) in [7, 11) is 4.03. The van der Waals surface area contributed by atoms with Gasteiger partial charge in [-0.15, -0.1) is 0 Å². The number of carbonyl (C=O) groups excluding carboxylic acids is 3. The maximum Gasteiger partial charge on any atom is 0.305 e. The van der Waals surface area contributed by atoms with Crippen LogP contribution in [0.5, 0.6) is 0 Å². The first-order chi connectivity index (χ1) is 29.2. The molecule has 60 heavy (non-hydrogen) atoms. The zero-order chi connectivity index (χ0) is 44.7. The molecule has 2 atom stereocenters. The smallest absolute Gasteiger partial charge is 0.305 e. The molecule has 0 saturated heterocycles. The van der Waals surface area contributed by atoms with Gasteiger partial charge >= 0.3 is 11.9 Å². The van der Waals surface area contributed by atoms with Gasteiger partial charge in [-0.3, -0.25) is 14.4 Å². The van der Waals surface area contributed by atoms with Gasteiger partial charge in [0, 0.05) is 44.3 Å². The molecule has 7 nitrogen and oxygen atoms in total. The molecule has 2 unspecified atom stereocenters. The molecule has 0 aliphatic rings. The van der Waals surface area contributed by atoms with Crippen molar-refractivity contribution in [3.63, 3.8) is 0 Å². The zero-order valence-corrected chi connectivity index (χ0v) is 41.4. The monoisotopic (exact) mass is 847 g/mol. The van der Waals surface area contributed by atoms with Crippen molar-refractivity contribution in [2.45, 2.75) is 241 Å². The summed E-state index contributed by atoms with van der Waals surface area (Å²) in [5, 5.41) is 0. The van der Waals surface area contributed by atoms with Crippen molar-refractivity contribution in [2.75, 3.05) is 46.9 Å². The number of likely N-dealkylation sites (N-methyl/N-ethyl adjacent to an activating group) is 1. The van der Waals surface area contributed by atoms with Crippen LogP contribution < -0.4 is 0 Å². The van der Waals surface area contributed by atoms with Gasteiger partial charge in [-0.25, -0.2) is 0 Å². The number of allylic oxidation sites excluding steroid dienone is 4. The van der Waals surface area contributed by atoms with E-state index in [2.05, 4.69) is 70.7 Å². The topological polar surface area (TPSA) is 76.2 Å². The number of ether oxygens (including phenoxy) is 2. The number of hydrogen-bond donors (Lipinski definition) is 0. The van der Waals surface area contributed by atoms with E-state index in [9.17, 15) is 14.4 Å². The number of hydrogen-bond acceptors (Lipinski definition) is 6. The van der Waals surface area contributed by atoms with Crippen molar-refractivity contribution in [1.82, 2.24) is 9.80 Å². The normalized spacial score (nSPS) is 12.5. The number of esters is 2. The Morgan fingerprint density at radius 1 is 0.483 bits per heavy atom. The van der Waals surface area contributed by atoms with Gasteiger partial charge in [-0.1, -0.05) is 181 Å². The number of carbonyl (C=O) groups is 3. The predicted molar refractivity (Wildman–Crippen MR) is 259 cm³/mol. The van der Waals surface area contributed by atoms with E-state index in [0.717, 1.165) is 96.4 Å². The summed E-state index contributed by atoms with van der Waals surface area (Å²) in [4.78, 5) is 43.5. The van der Waals surface area contributed by atoms with Crippen molar-refractivity contribution in [1.29, 1.82) is 0 Å². The first kappa shape index (κ1) is 59.9. The predicted octanol–water partition coefficient (Wildman–Crippen LogP) is 15.0. The van der Waals surface area contributed by atoms with Gasteiger partial charge in [-0.2, -0.15) is 0 Å². The first-order valence-corrected chi connectivity index (χ1v) is 25.7. The highest BCUT2D eigenvalue weighted by atomic mass is 16.5. The van der Waals surface area contributed by atoms with Gasteiger partial charge in [-0.05, 0) is 84.7 Å². The lowest BCUT2D eigenvalue weighted by atomic mass is 9.96. The number of nitrogens with zero attached hydrogens (tertiary/aromatic N) is 2. The Hall–Kier alpha value is -2.15. The Kier molecular flexibility index (Phi) is 47.8. The zero-order valence-electron chi connectivity index (χ0n) is 41.4. The minimum atomic E-state index is -0.262. The summed E-state index contributed by atoms with van der Waals surface area (Å²) in [6.45, 7) is 15.2. The Balaban J connectivity index is 0. The first-order valence-electron chi connectivity index (χ1n) is 25.7. The lowest BCUT2D eigenvalue weighted by molar-refractivity contribution is -0.150. The fourth-order valence-electron chi connectivity index (χ4n) is 7.23. The Bertz CT molecular complexity index is 992. The maximum atomic E-state index is 13.8. The molecule has 0 aliphatic heterocycles. The second kappa shape index (κ2) is 47.9. The van der Waals surface area contributed by atoms with Gasteiger partial charge in [0.2, 0.25) is 5.91 Å². The van der Waals surface area contributed by atoms with Gasteiger partial charge in [0.1, 0.15) is 0 Å². The Morgan fingerprint density at radius 3 is 1.32 bits per heavy atom. The fraction of sp³-hybridized carbons (Fsp3) is 0.868. The summed E-state index contributed by atoms with van der Waals surface area (Å²) >= 11 is 0. The second-order valence-corrected chi connectivity index (χ2v) is 17.6. The van der Waals surface area contributed by atoms with E-state index in [1.807, 2.05) is 19.0 Å². The number of rotatable bonds is 42. The van der Waals surface area contributed by atoms with Gasteiger partial charge in [0.15, 0.2) is 0 Å². The van der Waals surface area contributed by atoms with E-state index in [1.54, 1.807) is 0 Å². The molecule has 0 heterocycles. The highest BCUT2D eigenvalue weighted by molar-refractivity contribution is 5.78. The molecule has 0 saturated carbocycles. The minimum Gasteiger partial charge on any atom is -0.465 e. The van der Waals surface area contributed by atoms with E-state index in [1.165, 1.54) is 96.3 Å². The van der Waals surface area contributed by atoms with E-state index in [0.29, 0.717) is 25.9 Å². The molecule has 0 aromatic carbocycles. The average Bonchev–Trinajstić information content (AvgIpc) is 3.24. The molecule has 0 aromatic heterocycles. The Labute approximate surface area is 374 Å². The summed E-state index contributed by atoms with van der Waals surface area (Å²) in [5.41, 5.74) is 0. The lowest BCUT2D eigenvalue weighted by Crippen LogP contribution is -2.44. The van der Waals surface area contributed by atoms with Gasteiger partial charge < -0.3 is 19.3 Å². The molecular weight excluding hydrogens is 745 g/mol. The van der Waals surface area contributed by atoms with Crippen LogP contribution in [-0.4, -0.2) is 74.6 Å². The largest absolute Gasteiger partial charge is 0.465 e. The van der Waals surface area contributed by atoms with Crippen LogP contribution in [0.2, 0.25) is 0 Å². The third-order valence-corrected chi connectivity index (χ3v) is 11.3. The number of unbranched alkanes of at least 4 members (excludes halogenated alkanes) is 21. The average molecular weight is 847 g/mol. The van der Waals surface area contributed by atoms with Crippen LogP contribution >= 0.6 is 0 Å². The molecular formula is C53H102N2O5. The molecule has 0 aliphatic carbocycles. The SMILES string of the molecule is CC/C=C\CCCCCCCC(=O)OCC(COC(=O)CCCCCCC/C=C\CCCCCCCC)CN(CCN(C)C)C(=O)C(CC)CCCCC.CCCCCC. The van der Waals surface area contributed by atoms with Crippen LogP contribution in [0.3, 0.4) is 0 Å². The van der Waals surface area contributed by atoms with Crippen LogP contribution in [0.15, 0.2) is 24.3 Å². The molecule has 0 rings (SSSR count). The van der Waals surface area contributed by atoms with Gasteiger partial charge in [0.05, 0.1) is 13.2 Å². The minimum absolute atomic E-state index is 0.0201. The van der Waals surface area contributed by atoms with Crippen molar-refractivity contribution in [3.8, 4) is 0 Å². The summed E-state index contributed by atoms with van der Waals surface area (Å²) in [5.74, 6) is -0.527. The quantitative estimate of drug-likeness (QED) is 0.0346. The van der Waals surface area contributed by atoms with E-state index < -0.39 is 0 Å². The summed E-state index contributed by atoms with van der Waals surface area (Å²) in [6, 6.07) is 0. The van der Waals surface area contributed by atoms with Crippen LogP contribution in [0.4, 0.5) is 0 Å². The van der Waals surface area contributed by atoms with Crippen LogP contribution in [0.25, 0.3) is 0 Å². The Morgan fingerprint density at radius 2 is 0.883 bits per heavy atom. The number of amides is 1. The van der Waals surface area contributed by atoms with E-state index >= 15 is 0 Å². The lowest BCUT2D eigenvalue weighted by Gasteiger charge is -2.31. The molecule has 7 heteroatoms.